The highest BCUT2D eigenvalue weighted by molar-refractivity contribution is 5.78. The quantitative estimate of drug-likeness (QED) is 0.821. The van der Waals surface area contributed by atoms with E-state index in [1.807, 2.05) is 25.1 Å². The van der Waals surface area contributed by atoms with E-state index in [2.05, 4.69) is 30.6 Å². The highest BCUT2D eigenvalue weighted by atomic mass is 16.1. The molecule has 0 bridgehead atoms. The van der Waals surface area contributed by atoms with Crippen LogP contribution in [0.1, 0.15) is 37.9 Å². The Morgan fingerprint density at radius 2 is 2.11 bits per heavy atom. The van der Waals surface area contributed by atoms with E-state index in [1.165, 1.54) is 0 Å². The van der Waals surface area contributed by atoms with Crippen LogP contribution < -0.4 is 10.6 Å². The molecule has 102 valence electrons. The molecule has 1 unspecified atom stereocenters. The van der Waals surface area contributed by atoms with Gasteiger partial charge in [-0.3, -0.25) is 4.79 Å². The van der Waals surface area contributed by atoms with Crippen LogP contribution in [0.15, 0.2) is 24.3 Å². The molecule has 0 aliphatic carbocycles. The molecule has 2 N–H and O–H groups in total. The Bertz CT molecular complexity index is 463. The molecule has 19 heavy (non-hydrogen) atoms. The average Bonchev–Trinajstić information content (AvgIpc) is 2.42. The third-order valence-electron chi connectivity index (χ3n) is 2.79. The summed E-state index contributed by atoms with van der Waals surface area (Å²) in [4.78, 5) is 11.6. The van der Waals surface area contributed by atoms with Crippen molar-refractivity contribution in [2.75, 3.05) is 13.1 Å². The molecule has 0 saturated heterocycles. The van der Waals surface area contributed by atoms with Crippen molar-refractivity contribution < 1.29 is 4.79 Å². The number of carbonyl (C=O) groups is 1. The Balaban J connectivity index is 2.44. The average molecular weight is 259 g/mol. The fourth-order valence-electron chi connectivity index (χ4n) is 1.62. The van der Waals surface area contributed by atoms with Gasteiger partial charge in [-0.15, -0.1) is 0 Å². The predicted octanol–water partition coefficient (Wildman–Crippen LogP) is 1.98. The van der Waals surface area contributed by atoms with E-state index in [-0.39, 0.29) is 18.5 Å². The van der Waals surface area contributed by atoms with Crippen LogP contribution in [-0.2, 0) is 4.79 Å². The van der Waals surface area contributed by atoms with Crippen molar-refractivity contribution in [3.63, 3.8) is 0 Å². The molecule has 0 aromatic heterocycles. The highest BCUT2D eigenvalue weighted by Gasteiger charge is 2.08. The summed E-state index contributed by atoms with van der Waals surface area (Å²) < 4.78 is 0. The third kappa shape index (κ3) is 5.54. The van der Waals surface area contributed by atoms with Crippen molar-refractivity contribution in [3.05, 3.63) is 35.4 Å². The van der Waals surface area contributed by atoms with Gasteiger partial charge in [-0.05, 0) is 30.5 Å². The van der Waals surface area contributed by atoms with E-state index >= 15 is 0 Å². The lowest BCUT2D eigenvalue weighted by molar-refractivity contribution is -0.120. The molecule has 4 nitrogen and oxygen atoms in total. The van der Waals surface area contributed by atoms with Gasteiger partial charge in [0.25, 0.3) is 0 Å². The largest absolute Gasteiger partial charge is 0.355 e. The molecular formula is C15H21N3O. The summed E-state index contributed by atoms with van der Waals surface area (Å²) in [6.45, 7) is 7.07. The van der Waals surface area contributed by atoms with Crippen LogP contribution in [0.2, 0.25) is 0 Å². The molecule has 0 aliphatic rings. The van der Waals surface area contributed by atoms with Gasteiger partial charge in [-0.1, -0.05) is 26.0 Å². The van der Waals surface area contributed by atoms with Gasteiger partial charge in [-0.25, -0.2) is 0 Å². The van der Waals surface area contributed by atoms with Crippen LogP contribution in [0.3, 0.4) is 0 Å². The van der Waals surface area contributed by atoms with Crippen molar-refractivity contribution in [1.82, 2.24) is 10.6 Å². The number of hydrogen-bond acceptors (Lipinski definition) is 3. The summed E-state index contributed by atoms with van der Waals surface area (Å²) in [6, 6.07) is 9.56. The number of nitriles is 1. The number of benzene rings is 1. The summed E-state index contributed by atoms with van der Waals surface area (Å²) in [5, 5.41) is 14.9. The van der Waals surface area contributed by atoms with Gasteiger partial charge in [-0.2, -0.15) is 5.26 Å². The molecule has 1 amide bonds. The maximum Gasteiger partial charge on any atom is 0.233 e. The van der Waals surface area contributed by atoms with Crippen molar-refractivity contribution in [2.45, 2.75) is 26.8 Å². The molecule has 1 rings (SSSR count). The van der Waals surface area contributed by atoms with E-state index in [4.69, 9.17) is 5.26 Å². The summed E-state index contributed by atoms with van der Waals surface area (Å²) in [5.74, 6) is 0.450. The first-order chi connectivity index (χ1) is 9.02. The zero-order valence-electron chi connectivity index (χ0n) is 11.7. The number of carbonyl (C=O) groups excluding carboxylic acids is 1. The van der Waals surface area contributed by atoms with Crippen LogP contribution in [0.4, 0.5) is 0 Å². The lowest BCUT2D eigenvalue weighted by Gasteiger charge is -2.15. The SMILES string of the molecule is CC(C)CNC(=O)CNC(C)c1cccc(C#N)c1. The Morgan fingerprint density at radius 3 is 2.74 bits per heavy atom. The fraction of sp³-hybridized carbons (Fsp3) is 0.467. The number of hydrogen-bond donors (Lipinski definition) is 2. The molecule has 0 fully saturated rings. The number of nitrogens with one attached hydrogen (secondary N) is 2. The highest BCUT2D eigenvalue weighted by Crippen LogP contribution is 2.13. The lowest BCUT2D eigenvalue weighted by atomic mass is 10.1. The topological polar surface area (TPSA) is 64.9 Å². The molecule has 1 atom stereocenters. The molecule has 4 heteroatoms. The van der Waals surface area contributed by atoms with Gasteiger partial charge in [0.15, 0.2) is 0 Å². The molecule has 0 radical (unpaired) electrons. The number of nitrogens with zero attached hydrogens (tertiary/aromatic N) is 1. The maximum absolute atomic E-state index is 11.6. The van der Waals surface area contributed by atoms with Gasteiger partial charge in [0.05, 0.1) is 18.2 Å². The molecule has 0 saturated carbocycles. The van der Waals surface area contributed by atoms with E-state index in [9.17, 15) is 4.79 Å². The Kier molecular flexibility index (Phi) is 6.04. The van der Waals surface area contributed by atoms with E-state index in [1.54, 1.807) is 6.07 Å². The minimum Gasteiger partial charge on any atom is -0.355 e. The normalized spacial score (nSPS) is 11.9. The molecule has 1 aromatic rings. The summed E-state index contributed by atoms with van der Waals surface area (Å²) in [7, 11) is 0. The molecular weight excluding hydrogens is 238 g/mol. The zero-order chi connectivity index (χ0) is 14.3. The molecule has 0 spiro atoms. The zero-order valence-corrected chi connectivity index (χ0v) is 11.7. The van der Waals surface area contributed by atoms with Gasteiger partial charge >= 0.3 is 0 Å². The summed E-state index contributed by atoms with van der Waals surface area (Å²) in [5.41, 5.74) is 1.64. The van der Waals surface area contributed by atoms with Crippen molar-refractivity contribution in [2.24, 2.45) is 5.92 Å². The number of rotatable bonds is 6. The summed E-state index contributed by atoms with van der Waals surface area (Å²) >= 11 is 0. The smallest absolute Gasteiger partial charge is 0.233 e. The van der Waals surface area contributed by atoms with Crippen LogP contribution >= 0.6 is 0 Å². The minimum atomic E-state index is -0.00279. The van der Waals surface area contributed by atoms with Crippen LogP contribution in [-0.4, -0.2) is 19.0 Å². The van der Waals surface area contributed by atoms with Crippen LogP contribution in [0.5, 0.6) is 0 Å². The van der Waals surface area contributed by atoms with Crippen molar-refractivity contribution in [3.8, 4) is 6.07 Å². The van der Waals surface area contributed by atoms with E-state index in [0.29, 0.717) is 18.0 Å². The van der Waals surface area contributed by atoms with E-state index < -0.39 is 0 Å². The van der Waals surface area contributed by atoms with Gasteiger partial charge < -0.3 is 10.6 Å². The molecule has 0 aliphatic heterocycles. The Hall–Kier alpha value is -1.86. The monoisotopic (exact) mass is 259 g/mol. The second-order valence-electron chi connectivity index (χ2n) is 5.04. The molecule has 0 heterocycles. The first-order valence-corrected chi connectivity index (χ1v) is 6.53. The number of amides is 1. The predicted molar refractivity (Wildman–Crippen MR) is 75.4 cm³/mol. The first kappa shape index (κ1) is 15.2. The minimum absolute atomic E-state index is 0.00279. The maximum atomic E-state index is 11.6. The second kappa shape index (κ2) is 7.55. The standard InChI is InChI=1S/C15H21N3O/c1-11(2)9-18-15(19)10-17-12(3)14-6-4-5-13(7-14)8-16/h4-7,11-12,17H,9-10H2,1-3H3,(H,18,19). The third-order valence-corrected chi connectivity index (χ3v) is 2.79. The van der Waals surface area contributed by atoms with Crippen LogP contribution in [0.25, 0.3) is 0 Å². The van der Waals surface area contributed by atoms with Crippen molar-refractivity contribution in [1.29, 1.82) is 5.26 Å². The first-order valence-electron chi connectivity index (χ1n) is 6.53. The van der Waals surface area contributed by atoms with Crippen LogP contribution in [0, 0.1) is 17.2 Å². The lowest BCUT2D eigenvalue weighted by Crippen LogP contribution is -2.36. The summed E-state index contributed by atoms with van der Waals surface area (Å²) in [6.07, 6.45) is 0. The van der Waals surface area contributed by atoms with Gasteiger partial charge in [0.2, 0.25) is 5.91 Å². The van der Waals surface area contributed by atoms with Gasteiger partial charge in [0.1, 0.15) is 0 Å². The van der Waals surface area contributed by atoms with Gasteiger partial charge in [0, 0.05) is 12.6 Å². The molecule has 1 aromatic carbocycles. The second-order valence-corrected chi connectivity index (χ2v) is 5.04. The fourth-order valence-corrected chi connectivity index (χ4v) is 1.62. The Labute approximate surface area is 114 Å². The van der Waals surface area contributed by atoms with Crippen molar-refractivity contribution >= 4 is 5.91 Å². The Morgan fingerprint density at radius 1 is 1.37 bits per heavy atom. The van der Waals surface area contributed by atoms with E-state index in [0.717, 1.165) is 5.56 Å².